The standard InChI is InChI=1S/3C25H20B2.2C17H13N3.3C7H9N/c1-19-16-17-24-25(18-19)27(21-12-6-3-7-13-21)23-15-9-8-14-22(23)26(24)20-10-4-2-5-11-20;1-19-10-9-13-21(18-19)27-24-16-7-5-14-22(24)26(20-11-3-2-4-12-20)23-15-6-8-17-25(23)27;1-19-15-17-21(18-16-19)27-24-13-7-5-11-22(24)26(20-9-3-2-4-10-20)23-12-6-8-14-25(23)27;1-12-10-18-17(19-11-12)20-15-8-4-2-6-13(15)14-7-3-5-9-16(14)20;1-12-10-11-18-17(19-12)20-15-8-4-2-6-13(15)14-7-3-5-9-16(14)20;1-6-3-4-8-7(2)5-6;1-6-3-4-7(2)8-5-6;1-6-4-3-5-7(2)8-6/h3*2-18H,1H3;2*2-11H,1H3;3*3-5H,1-2H3. The van der Waals surface area contributed by atoms with E-state index in [0.717, 1.165) is 62.0 Å². The summed E-state index contributed by atoms with van der Waals surface area (Å²) in [5.41, 5.74) is 42.7. The van der Waals surface area contributed by atoms with Crippen molar-refractivity contribution in [3.63, 3.8) is 0 Å². The molecule has 3 aliphatic rings. The largest absolute Gasteiger partial charge is 0.278 e. The third-order valence-electron chi connectivity index (χ3n) is 27.5. The molecule has 7 aromatic heterocycles. The van der Waals surface area contributed by atoms with Crippen molar-refractivity contribution in [3.8, 4) is 11.9 Å². The molecule has 16 aromatic carbocycles. The number of benzene rings is 16. The van der Waals surface area contributed by atoms with E-state index in [1.54, 1.807) is 6.20 Å². The van der Waals surface area contributed by atoms with E-state index in [1.807, 2.05) is 134 Å². The Morgan fingerprint density at radius 3 is 0.800 bits per heavy atom. The van der Waals surface area contributed by atoms with E-state index in [2.05, 4.69) is 466 Å². The van der Waals surface area contributed by atoms with E-state index in [-0.39, 0.29) is 26.9 Å². The summed E-state index contributed by atoms with van der Waals surface area (Å²) in [6.07, 6.45) is 9.21. The van der Waals surface area contributed by atoms with Crippen LogP contribution in [0.2, 0.25) is 0 Å². The smallest absolute Gasteiger partial charge is 0.240 e. The summed E-state index contributed by atoms with van der Waals surface area (Å²) < 4.78 is 4.24. The van der Waals surface area contributed by atoms with Gasteiger partial charge in [0.1, 0.15) is 0 Å². The van der Waals surface area contributed by atoms with Gasteiger partial charge in [-0.2, -0.15) is 0 Å². The van der Waals surface area contributed by atoms with Crippen molar-refractivity contribution in [3.05, 3.63) is 548 Å². The van der Waals surface area contributed by atoms with Gasteiger partial charge < -0.3 is 0 Å². The summed E-state index contributed by atoms with van der Waals surface area (Å²) in [5, 5.41) is 4.92. The van der Waals surface area contributed by atoms with Gasteiger partial charge in [-0.05, 0) is 154 Å². The molecule has 145 heavy (non-hydrogen) atoms. The summed E-state index contributed by atoms with van der Waals surface area (Å²) >= 11 is 0. The lowest BCUT2D eigenvalue weighted by atomic mass is 9.21. The maximum Gasteiger partial charge on any atom is 0.240 e. The Hall–Kier alpha value is -16.9. The minimum Gasteiger partial charge on any atom is -0.278 e. The minimum atomic E-state index is 0.289. The number of para-hydroxylation sites is 4. The molecule has 0 amide bonds. The van der Waals surface area contributed by atoms with Crippen molar-refractivity contribution < 1.29 is 0 Å². The van der Waals surface area contributed by atoms with Gasteiger partial charge in [0.2, 0.25) is 52.2 Å². The van der Waals surface area contributed by atoms with Crippen molar-refractivity contribution in [1.29, 1.82) is 0 Å². The van der Waals surface area contributed by atoms with Crippen LogP contribution in [0, 0.1) is 76.2 Å². The molecule has 23 aromatic rings. The Bertz CT molecular complexity index is 8010. The molecule has 0 radical (unpaired) electrons. The highest BCUT2D eigenvalue weighted by Gasteiger charge is 2.41. The molecule has 696 valence electrons. The number of pyridine rings is 3. The fourth-order valence-electron chi connectivity index (χ4n) is 21.0. The summed E-state index contributed by atoms with van der Waals surface area (Å²) in [6.45, 7) is 24.3. The molecular weight excluding hydrogens is 1750 g/mol. The van der Waals surface area contributed by atoms with E-state index >= 15 is 0 Å². The number of aromatic nitrogens is 9. The van der Waals surface area contributed by atoms with E-state index < -0.39 is 0 Å². The summed E-state index contributed by atoms with van der Waals surface area (Å²) in [6, 6.07) is 163. The molecule has 15 heteroatoms. The Morgan fingerprint density at radius 2 is 0.455 bits per heavy atom. The fourth-order valence-corrected chi connectivity index (χ4v) is 21.0. The van der Waals surface area contributed by atoms with E-state index in [4.69, 9.17) is 0 Å². The normalized spacial score (nSPS) is 11.6. The Morgan fingerprint density at radius 1 is 0.159 bits per heavy atom. The molecule has 0 unspecified atom stereocenters. The second-order valence-electron chi connectivity index (χ2n) is 38.0. The molecule has 10 heterocycles. The topological polar surface area (TPSA) is 100 Å². The molecule has 0 atom stereocenters. The Balaban J connectivity index is 0.000000109. The van der Waals surface area contributed by atoms with Crippen LogP contribution in [0.5, 0.6) is 0 Å². The molecule has 0 spiro atoms. The third kappa shape index (κ3) is 21.9. The zero-order valence-electron chi connectivity index (χ0n) is 84.2. The predicted molar refractivity (Wildman–Crippen MR) is 623 cm³/mol. The van der Waals surface area contributed by atoms with Crippen LogP contribution in [-0.4, -0.2) is 84.3 Å². The number of fused-ring (bicyclic) bond motifs is 12. The van der Waals surface area contributed by atoms with Crippen molar-refractivity contribution in [2.45, 2.75) is 76.2 Å². The lowest BCUT2D eigenvalue weighted by Gasteiger charge is -2.32. The van der Waals surface area contributed by atoms with E-state index in [1.165, 1.54) is 148 Å². The molecule has 0 fully saturated rings. The highest BCUT2D eigenvalue weighted by molar-refractivity contribution is 7.13. The molecule has 3 aliphatic heterocycles. The minimum absolute atomic E-state index is 0.289. The zero-order chi connectivity index (χ0) is 99.7. The Kier molecular flexibility index (Phi) is 30.3. The van der Waals surface area contributed by atoms with Gasteiger partial charge in [-0.3, -0.25) is 24.1 Å². The predicted octanol–water partition coefficient (Wildman–Crippen LogP) is 16.9. The van der Waals surface area contributed by atoms with E-state index in [0.29, 0.717) is 19.4 Å². The number of nitrogens with zero attached hydrogens (tertiary/aromatic N) is 9. The van der Waals surface area contributed by atoms with Gasteiger partial charge in [-0.15, -0.1) is 0 Å². The van der Waals surface area contributed by atoms with Crippen molar-refractivity contribution in [2.24, 2.45) is 0 Å². The number of hydrogen-bond donors (Lipinski definition) is 0. The van der Waals surface area contributed by atoms with Crippen molar-refractivity contribution in [2.75, 3.05) is 0 Å². The average molecular weight is 1870 g/mol. The van der Waals surface area contributed by atoms with Gasteiger partial charge in [-0.1, -0.05) is 509 Å². The molecule has 0 saturated carbocycles. The van der Waals surface area contributed by atoms with Crippen LogP contribution in [0.3, 0.4) is 0 Å². The molecule has 0 bridgehead atoms. The van der Waals surface area contributed by atoms with Gasteiger partial charge in [0, 0.05) is 81.0 Å². The van der Waals surface area contributed by atoms with Crippen LogP contribution >= 0.6 is 0 Å². The van der Waals surface area contributed by atoms with Crippen molar-refractivity contribution in [1.82, 2.24) is 44.0 Å². The first kappa shape index (κ1) is 97.0. The van der Waals surface area contributed by atoms with Gasteiger partial charge in [0.25, 0.3) is 0 Å². The SMILES string of the molecule is Cc1ccc(B2c3ccccc3B(c3ccccc3)c3ccccc32)cc1.Cc1ccc(C)nc1.Cc1ccc2c(c1)B(c1ccccc1)c1ccccc1B2c1ccccc1.Cc1cccc(B2c3ccccc3B(c3ccccc3)c3ccccc32)c1.Cc1cccc(C)n1.Cc1ccnc(-n2c3ccccc3c3ccccc32)n1.Cc1ccnc(C)c1.Cc1cnc(-n2c3ccccc3c3ccccc32)nc1. The maximum atomic E-state index is 4.57. The monoisotopic (exact) mass is 1870 g/mol. The van der Waals surface area contributed by atoms with Crippen molar-refractivity contribution >= 4 is 182 Å². The van der Waals surface area contributed by atoms with Crippen LogP contribution in [0.15, 0.2) is 486 Å². The van der Waals surface area contributed by atoms with Crippen LogP contribution in [0.25, 0.3) is 55.5 Å². The Labute approximate surface area is 856 Å². The molecule has 0 N–H and O–H groups in total. The second kappa shape index (κ2) is 45.4. The van der Waals surface area contributed by atoms with Gasteiger partial charge >= 0.3 is 0 Å². The lowest BCUT2D eigenvalue weighted by molar-refractivity contribution is 0.964. The van der Waals surface area contributed by atoms with Crippen LogP contribution in [0.1, 0.15) is 61.9 Å². The highest BCUT2D eigenvalue weighted by atomic mass is 15.2. The first-order valence-corrected chi connectivity index (χ1v) is 50.2. The molecule has 0 aliphatic carbocycles. The molecule has 26 rings (SSSR count). The summed E-state index contributed by atoms with van der Waals surface area (Å²) in [5.74, 6) is 1.44. The van der Waals surface area contributed by atoms with Gasteiger partial charge in [0.05, 0.1) is 22.1 Å². The average Bonchev–Trinajstić information content (AvgIpc) is 1.74. The summed E-state index contributed by atoms with van der Waals surface area (Å²) in [7, 11) is 0. The van der Waals surface area contributed by atoms with Gasteiger partial charge in [0.15, 0.2) is 0 Å². The number of aryl methyl sites for hydroxylation is 11. The highest BCUT2D eigenvalue weighted by Crippen LogP contribution is 2.32. The van der Waals surface area contributed by atoms with Crippen LogP contribution in [0.4, 0.5) is 0 Å². The third-order valence-corrected chi connectivity index (χ3v) is 27.5. The van der Waals surface area contributed by atoms with Crippen LogP contribution in [-0.2, 0) is 0 Å². The first-order chi connectivity index (χ1) is 71.0. The lowest BCUT2D eigenvalue weighted by Crippen LogP contribution is -2.75. The number of rotatable bonds is 8. The molecule has 0 saturated heterocycles. The molecular formula is C130H113B6N9. The maximum absolute atomic E-state index is 4.57. The fraction of sp³-hybridized carbons (Fsp3) is 0.0846. The van der Waals surface area contributed by atoms with Gasteiger partial charge in [-0.25, -0.2) is 19.9 Å². The number of hydrogen-bond acceptors (Lipinski definition) is 7. The zero-order valence-corrected chi connectivity index (χ0v) is 84.2. The summed E-state index contributed by atoms with van der Waals surface area (Å²) in [4.78, 5) is 30.2. The second-order valence-corrected chi connectivity index (χ2v) is 38.0. The first-order valence-electron chi connectivity index (χ1n) is 50.2. The van der Waals surface area contributed by atoms with E-state index in [9.17, 15) is 0 Å². The molecule has 9 nitrogen and oxygen atoms in total. The quantitative estimate of drug-likeness (QED) is 0.140. The van der Waals surface area contributed by atoms with Crippen LogP contribution < -0.4 is 98.3 Å².